The molecule has 3 aromatic rings. The van der Waals surface area contributed by atoms with E-state index in [0.717, 1.165) is 24.5 Å². The summed E-state index contributed by atoms with van der Waals surface area (Å²) in [5.41, 5.74) is 0.983. The highest BCUT2D eigenvalue weighted by atomic mass is 16.5. The van der Waals surface area contributed by atoms with E-state index in [4.69, 9.17) is 4.74 Å². The summed E-state index contributed by atoms with van der Waals surface area (Å²) in [5, 5.41) is 17.7. The smallest absolute Gasteiger partial charge is 0.263 e. The molecule has 1 aliphatic rings. The molecule has 0 bridgehead atoms. The number of carbonyl (C=O) groups is 1. The maximum absolute atomic E-state index is 12.4. The zero-order chi connectivity index (χ0) is 17.4. The number of methoxy groups -OCH3 is 1. The number of pyridine rings is 1. The fourth-order valence-corrected chi connectivity index (χ4v) is 3.01. The van der Waals surface area contributed by atoms with Crippen molar-refractivity contribution in [3.8, 4) is 17.4 Å². The molecule has 4 rings (SSSR count). The lowest BCUT2D eigenvalue weighted by Gasteiger charge is -2.10. The molecule has 0 unspecified atom stereocenters. The molecule has 0 saturated heterocycles. The maximum Gasteiger partial charge on any atom is 0.263 e. The quantitative estimate of drug-likeness (QED) is 0.750. The number of aromatic amines is 1. The molecule has 0 spiro atoms. The highest BCUT2D eigenvalue weighted by molar-refractivity contribution is 6.05. The van der Waals surface area contributed by atoms with Crippen LogP contribution in [0, 0.1) is 0 Å². The van der Waals surface area contributed by atoms with E-state index < -0.39 is 0 Å². The van der Waals surface area contributed by atoms with Gasteiger partial charge in [-0.1, -0.05) is 6.07 Å². The lowest BCUT2D eigenvalue weighted by Crippen LogP contribution is -2.13. The van der Waals surface area contributed by atoms with Crippen LogP contribution in [-0.4, -0.2) is 43.0 Å². The fraction of sp³-hybridized carbons (Fsp3) is 0.312. The SMILES string of the molecule is COc1n[nH]cc1C(=O)Nc1cccc(-c2nnc3n2[C@@H](C)CC3)n1. The Morgan fingerprint density at radius 3 is 3.12 bits per heavy atom. The number of nitrogens with zero attached hydrogens (tertiary/aromatic N) is 5. The third kappa shape index (κ3) is 2.63. The number of aryl methyl sites for hydroxylation is 1. The number of amides is 1. The Bertz CT molecular complexity index is 930. The summed E-state index contributed by atoms with van der Waals surface area (Å²) in [5.74, 6) is 2.00. The van der Waals surface area contributed by atoms with E-state index in [1.165, 1.54) is 13.3 Å². The van der Waals surface area contributed by atoms with Crippen molar-refractivity contribution in [1.29, 1.82) is 0 Å². The maximum atomic E-state index is 12.4. The highest BCUT2D eigenvalue weighted by Crippen LogP contribution is 2.30. The Kier molecular flexibility index (Phi) is 3.68. The Morgan fingerprint density at radius 2 is 2.28 bits per heavy atom. The fourth-order valence-electron chi connectivity index (χ4n) is 3.01. The number of fused-ring (bicyclic) bond motifs is 1. The van der Waals surface area contributed by atoms with Crippen LogP contribution in [0.3, 0.4) is 0 Å². The zero-order valence-corrected chi connectivity index (χ0v) is 13.9. The number of aromatic nitrogens is 6. The van der Waals surface area contributed by atoms with Gasteiger partial charge in [-0.2, -0.15) is 0 Å². The first-order chi connectivity index (χ1) is 12.2. The zero-order valence-electron chi connectivity index (χ0n) is 13.9. The van der Waals surface area contributed by atoms with Gasteiger partial charge in [0.2, 0.25) is 5.88 Å². The van der Waals surface area contributed by atoms with Crippen LogP contribution in [0.2, 0.25) is 0 Å². The average molecular weight is 339 g/mol. The van der Waals surface area contributed by atoms with Gasteiger partial charge in [-0.15, -0.1) is 15.3 Å². The molecule has 1 amide bonds. The Morgan fingerprint density at radius 1 is 1.40 bits per heavy atom. The summed E-state index contributed by atoms with van der Waals surface area (Å²) in [7, 11) is 1.46. The lowest BCUT2D eigenvalue weighted by molar-refractivity contribution is 0.102. The standard InChI is InChI=1S/C16H17N7O2/c1-9-6-7-13-20-21-14(23(9)13)11-4-3-5-12(18-11)19-15(24)10-8-17-22-16(10)25-2/h3-5,8-9H,6-7H2,1-2H3,(H,17,22)(H,18,19,24)/t9-/m0/s1. The van der Waals surface area contributed by atoms with Crippen LogP contribution in [0.4, 0.5) is 5.82 Å². The molecule has 0 fully saturated rings. The Balaban J connectivity index is 1.61. The third-order valence-electron chi connectivity index (χ3n) is 4.26. The number of H-pyrrole nitrogens is 1. The van der Waals surface area contributed by atoms with E-state index in [2.05, 4.69) is 42.2 Å². The second kappa shape index (κ2) is 6.00. The predicted molar refractivity (Wildman–Crippen MR) is 89.4 cm³/mol. The normalized spacial score (nSPS) is 15.8. The third-order valence-corrected chi connectivity index (χ3v) is 4.26. The number of rotatable bonds is 4. The van der Waals surface area contributed by atoms with Gasteiger partial charge in [-0.05, 0) is 25.5 Å². The van der Waals surface area contributed by atoms with Crippen molar-refractivity contribution in [2.24, 2.45) is 0 Å². The highest BCUT2D eigenvalue weighted by Gasteiger charge is 2.25. The molecule has 1 aliphatic heterocycles. The van der Waals surface area contributed by atoms with Gasteiger partial charge < -0.3 is 14.6 Å². The van der Waals surface area contributed by atoms with Crippen molar-refractivity contribution in [3.05, 3.63) is 35.8 Å². The summed E-state index contributed by atoms with van der Waals surface area (Å²) in [6.45, 7) is 2.14. The lowest BCUT2D eigenvalue weighted by atomic mass is 10.2. The first kappa shape index (κ1) is 15.3. The number of anilines is 1. The van der Waals surface area contributed by atoms with Gasteiger partial charge in [-0.25, -0.2) is 4.98 Å². The topological polar surface area (TPSA) is 111 Å². The van der Waals surface area contributed by atoms with Crippen LogP contribution in [0.1, 0.15) is 35.6 Å². The van der Waals surface area contributed by atoms with E-state index in [1.54, 1.807) is 6.07 Å². The van der Waals surface area contributed by atoms with E-state index >= 15 is 0 Å². The van der Waals surface area contributed by atoms with Crippen molar-refractivity contribution in [3.63, 3.8) is 0 Å². The molecular formula is C16H17N7O2. The number of carbonyl (C=O) groups excluding carboxylic acids is 1. The van der Waals surface area contributed by atoms with Crippen LogP contribution in [0.25, 0.3) is 11.5 Å². The molecule has 128 valence electrons. The molecule has 0 aromatic carbocycles. The number of nitrogens with one attached hydrogen (secondary N) is 2. The second-order valence-electron chi connectivity index (χ2n) is 5.87. The van der Waals surface area contributed by atoms with E-state index in [0.29, 0.717) is 23.1 Å². The summed E-state index contributed by atoms with van der Waals surface area (Å²) in [6.07, 6.45) is 3.45. The van der Waals surface area contributed by atoms with Crippen LogP contribution in [-0.2, 0) is 6.42 Å². The molecular weight excluding hydrogens is 322 g/mol. The molecule has 25 heavy (non-hydrogen) atoms. The van der Waals surface area contributed by atoms with E-state index in [-0.39, 0.29) is 11.8 Å². The van der Waals surface area contributed by atoms with Crippen LogP contribution in [0.15, 0.2) is 24.4 Å². The van der Waals surface area contributed by atoms with Gasteiger partial charge in [0.15, 0.2) is 5.82 Å². The number of hydrogen-bond donors (Lipinski definition) is 2. The van der Waals surface area contributed by atoms with Crippen molar-refractivity contribution in [1.82, 2.24) is 29.9 Å². The first-order valence-electron chi connectivity index (χ1n) is 7.97. The van der Waals surface area contributed by atoms with Crippen molar-refractivity contribution < 1.29 is 9.53 Å². The molecule has 4 heterocycles. The van der Waals surface area contributed by atoms with Crippen LogP contribution < -0.4 is 10.1 Å². The minimum atomic E-state index is -0.352. The second-order valence-corrected chi connectivity index (χ2v) is 5.87. The molecule has 0 saturated carbocycles. The largest absolute Gasteiger partial charge is 0.479 e. The minimum absolute atomic E-state index is 0.234. The summed E-state index contributed by atoms with van der Waals surface area (Å²) in [6, 6.07) is 5.75. The van der Waals surface area contributed by atoms with Crippen LogP contribution >= 0.6 is 0 Å². The average Bonchev–Trinajstić information content (AvgIpc) is 3.32. The molecule has 9 heteroatoms. The van der Waals surface area contributed by atoms with Gasteiger partial charge >= 0.3 is 0 Å². The molecule has 0 aliphatic carbocycles. The first-order valence-corrected chi connectivity index (χ1v) is 7.97. The minimum Gasteiger partial charge on any atom is -0.479 e. The van der Waals surface area contributed by atoms with E-state index in [9.17, 15) is 4.79 Å². The van der Waals surface area contributed by atoms with Crippen LogP contribution in [0.5, 0.6) is 5.88 Å². The van der Waals surface area contributed by atoms with Crippen molar-refractivity contribution in [2.45, 2.75) is 25.8 Å². The number of ether oxygens (including phenoxy) is 1. The van der Waals surface area contributed by atoms with Gasteiger partial charge in [0.25, 0.3) is 5.91 Å². The van der Waals surface area contributed by atoms with Crippen molar-refractivity contribution in [2.75, 3.05) is 12.4 Å². The van der Waals surface area contributed by atoms with Gasteiger partial charge in [-0.3, -0.25) is 9.89 Å². The molecule has 0 radical (unpaired) electrons. The summed E-state index contributed by atoms with van der Waals surface area (Å²) >= 11 is 0. The molecule has 9 nitrogen and oxygen atoms in total. The van der Waals surface area contributed by atoms with Gasteiger partial charge in [0.05, 0.1) is 7.11 Å². The molecule has 3 aromatic heterocycles. The van der Waals surface area contributed by atoms with Gasteiger partial charge in [0, 0.05) is 18.7 Å². The summed E-state index contributed by atoms with van der Waals surface area (Å²) < 4.78 is 7.15. The van der Waals surface area contributed by atoms with Gasteiger partial charge in [0.1, 0.15) is 22.9 Å². The Labute approximate surface area is 143 Å². The monoisotopic (exact) mass is 339 g/mol. The number of hydrogen-bond acceptors (Lipinski definition) is 6. The molecule has 1 atom stereocenters. The molecule has 2 N–H and O–H groups in total. The predicted octanol–water partition coefficient (Wildman–Crippen LogP) is 1.83. The Hall–Kier alpha value is -3.23. The van der Waals surface area contributed by atoms with E-state index in [1.807, 2.05) is 12.1 Å². The summed E-state index contributed by atoms with van der Waals surface area (Å²) in [4.78, 5) is 16.9. The van der Waals surface area contributed by atoms with Crippen molar-refractivity contribution >= 4 is 11.7 Å².